The predicted molar refractivity (Wildman–Crippen MR) is 110 cm³/mol. The standard InChI is InChI=1S/C21H17F3N2O4S/c1-30-18-7-3-5-16(13-18)25-20(27)14-8-10-19(11-9-14)31(28,29)26-17-6-2-4-15(12-17)21(22,23)24/h2-13,26H,1H3,(H,25,27). The van der Waals surface area contributed by atoms with Crippen molar-refractivity contribution in [2.75, 3.05) is 17.1 Å². The Morgan fingerprint density at radius 3 is 2.19 bits per heavy atom. The molecule has 0 fully saturated rings. The number of rotatable bonds is 6. The van der Waals surface area contributed by atoms with Crippen LogP contribution in [0, 0.1) is 0 Å². The molecule has 0 spiro atoms. The second-order valence-corrected chi connectivity index (χ2v) is 8.08. The Bertz CT molecular complexity index is 1190. The van der Waals surface area contributed by atoms with E-state index in [-0.39, 0.29) is 16.1 Å². The second-order valence-electron chi connectivity index (χ2n) is 6.39. The lowest BCUT2D eigenvalue weighted by molar-refractivity contribution is -0.137. The zero-order chi connectivity index (χ0) is 22.6. The van der Waals surface area contributed by atoms with Crippen LogP contribution in [0.2, 0.25) is 0 Å². The van der Waals surface area contributed by atoms with Crippen LogP contribution in [0.15, 0.2) is 77.7 Å². The van der Waals surface area contributed by atoms with Crippen LogP contribution in [0.5, 0.6) is 5.75 Å². The van der Waals surface area contributed by atoms with Crippen LogP contribution in [0.1, 0.15) is 15.9 Å². The maximum Gasteiger partial charge on any atom is 0.416 e. The fourth-order valence-electron chi connectivity index (χ4n) is 2.66. The summed E-state index contributed by atoms with van der Waals surface area (Å²) in [6, 6.07) is 15.5. The highest BCUT2D eigenvalue weighted by Crippen LogP contribution is 2.31. The molecular formula is C21H17F3N2O4S. The van der Waals surface area contributed by atoms with Crippen LogP contribution in [0.25, 0.3) is 0 Å². The van der Waals surface area contributed by atoms with Gasteiger partial charge in [-0.3, -0.25) is 9.52 Å². The van der Waals surface area contributed by atoms with Crippen molar-refractivity contribution >= 4 is 27.3 Å². The Labute approximate surface area is 176 Å². The molecule has 162 valence electrons. The van der Waals surface area contributed by atoms with E-state index in [1.54, 1.807) is 24.3 Å². The van der Waals surface area contributed by atoms with Crippen LogP contribution in [0.4, 0.5) is 24.5 Å². The topological polar surface area (TPSA) is 84.5 Å². The number of ether oxygens (including phenoxy) is 1. The molecule has 0 aliphatic rings. The lowest BCUT2D eigenvalue weighted by atomic mass is 10.2. The number of halogens is 3. The third-order valence-corrected chi connectivity index (χ3v) is 5.59. The van der Waals surface area contributed by atoms with Crippen molar-refractivity contribution in [3.63, 3.8) is 0 Å². The predicted octanol–water partition coefficient (Wildman–Crippen LogP) is 4.77. The average molecular weight is 450 g/mol. The van der Waals surface area contributed by atoms with E-state index in [0.717, 1.165) is 12.1 Å². The first kappa shape index (κ1) is 22.2. The monoisotopic (exact) mass is 450 g/mol. The molecule has 0 radical (unpaired) electrons. The van der Waals surface area contributed by atoms with Crippen molar-refractivity contribution in [2.45, 2.75) is 11.1 Å². The van der Waals surface area contributed by atoms with E-state index >= 15 is 0 Å². The van der Waals surface area contributed by atoms with Gasteiger partial charge < -0.3 is 10.1 Å². The van der Waals surface area contributed by atoms with Gasteiger partial charge in [0.05, 0.1) is 17.6 Å². The van der Waals surface area contributed by atoms with E-state index in [9.17, 15) is 26.4 Å². The molecule has 0 aliphatic heterocycles. The number of amides is 1. The second kappa shape index (κ2) is 8.68. The molecule has 31 heavy (non-hydrogen) atoms. The molecule has 0 aliphatic carbocycles. The zero-order valence-corrected chi connectivity index (χ0v) is 16.9. The number of methoxy groups -OCH3 is 1. The van der Waals surface area contributed by atoms with E-state index in [2.05, 4.69) is 10.0 Å². The van der Waals surface area contributed by atoms with E-state index in [1.807, 2.05) is 0 Å². The molecule has 2 N–H and O–H groups in total. The molecule has 1 amide bonds. The van der Waals surface area contributed by atoms with Gasteiger partial charge in [0.1, 0.15) is 5.75 Å². The number of sulfonamides is 1. The van der Waals surface area contributed by atoms with Gasteiger partial charge in [0.2, 0.25) is 0 Å². The molecule has 3 aromatic carbocycles. The van der Waals surface area contributed by atoms with Gasteiger partial charge in [0, 0.05) is 23.0 Å². The lowest BCUT2D eigenvalue weighted by Gasteiger charge is -2.12. The highest BCUT2D eigenvalue weighted by atomic mass is 32.2. The van der Waals surface area contributed by atoms with Crippen LogP contribution in [-0.4, -0.2) is 21.4 Å². The summed E-state index contributed by atoms with van der Waals surface area (Å²) in [6.45, 7) is 0. The Balaban J connectivity index is 1.74. The summed E-state index contributed by atoms with van der Waals surface area (Å²) in [5, 5.41) is 2.66. The fraction of sp³-hybridized carbons (Fsp3) is 0.0952. The number of hydrogen-bond donors (Lipinski definition) is 2. The minimum absolute atomic E-state index is 0.195. The van der Waals surface area contributed by atoms with Gasteiger partial charge in [-0.15, -0.1) is 0 Å². The molecule has 0 unspecified atom stereocenters. The summed E-state index contributed by atoms with van der Waals surface area (Å²) in [5.41, 5.74) is -0.514. The number of carbonyl (C=O) groups is 1. The summed E-state index contributed by atoms with van der Waals surface area (Å²) in [6.07, 6.45) is -4.60. The first-order chi connectivity index (χ1) is 14.6. The summed E-state index contributed by atoms with van der Waals surface area (Å²) < 4.78 is 70.6. The number of benzene rings is 3. The molecule has 3 aromatic rings. The molecule has 0 saturated heterocycles. The molecule has 0 saturated carbocycles. The number of carbonyl (C=O) groups excluding carboxylic acids is 1. The SMILES string of the molecule is COc1cccc(NC(=O)c2ccc(S(=O)(=O)Nc3cccc(C(F)(F)F)c3)cc2)c1. The van der Waals surface area contributed by atoms with E-state index in [0.29, 0.717) is 17.5 Å². The normalized spacial score (nSPS) is 11.6. The molecule has 3 rings (SSSR count). The Morgan fingerprint density at radius 2 is 1.55 bits per heavy atom. The highest BCUT2D eigenvalue weighted by molar-refractivity contribution is 7.92. The van der Waals surface area contributed by atoms with Crippen molar-refractivity contribution in [2.24, 2.45) is 0 Å². The van der Waals surface area contributed by atoms with Gasteiger partial charge in [-0.2, -0.15) is 13.2 Å². The molecule has 0 bridgehead atoms. The maximum atomic E-state index is 12.8. The van der Waals surface area contributed by atoms with Gasteiger partial charge in [-0.25, -0.2) is 8.42 Å². The molecule has 6 nitrogen and oxygen atoms in total. The van der Waals surface area contributed by atoms with Crippen molar-refractivity contribution in [1.29, 1.82) is 0 Å². The maximum absolute atomic E-state index is 12.8. The Kier molecular flexibility index (Phi) is 6.21. The van der Waals surface area contributed by atoms with Crippen molar-refractivity contribution in [3.05, 3.63) is 83.9 Å². The average Bonchev–Trinajstić information content (AvgIpc) is 2.73. The number of nitrogens with one attached hydrogen (secondary N) is 2. The third kappa shape index (κ3) is 5.54. The number of hydrogen-bond acceptors (Lipinski definition) is 4. The third-order valence-electron chi connectivity index (χ3n) is 4.20. The number of alkyl halides is 3. The van der Waals surface area contributed by atoms with E-state index < -0.39 is 27.7 Å². The molecule has 0 aromatic heterocycles. The lowest BCUT2D eigenvalue weighted by Crippen LogP contribution is -2.15. The minimum atomic E-state index is -4.60. The van der Waals surface area contributed by atoms with Gasteiger partial charge >= 0.3 is 6.18 Å². The fourth-order valence-corrected chi connectivity index (χ4v) is 3.71. The van der Waals surface area contributed by atoms with E-state index in [4.69, 9.17) is 4.74 Å². The largest absolute Gasteiger partial charge is 0.497 e. The highest BCUT2D eigenvalue weighted by Gasteiger charge is 2.30. The smallest absolute Gasteiger partial charge is 0.416 e. The van der Waals surface area contributed by atoms with Crippen molar-refractivity contribution in [3.8, 4) is 5.75 Å². The summed E-state index contributed by atoms with van der Waals surface area (Å²) in [5.74, 6) is 0.0861. The Hall–Kier alpha value is -3.53. The molecule has 10 heteroatoms. The van der Waals surface area contributed by atoms with E-state index in [1.165, 1.54) is 37.4 Å². The van der Waals surface area contributed by atoms with Crippen LogP contribution >= 0.6 is 0 Å². The number of anilines is 2. The summed E-state index contributed by atoms with van der Waals surface area (Å²) >= 11 is 0. The van der Waals surface area contributed by atoms with Crippen LogP contribution in [-0.2, 0) is 16.2 Å². The molecule has 0 atom stereocenters. The summed E-state index contributed by atoms with van der Waals surface area (Å²) in [4.78, 5) is 12.2. The van der Waals surface area contributed by atoms with Crippen molar-refractivity contribution in [1.82, 2.24) is 0 Å². The summed E-state index contributed by atoms with van der Waals surface area (Å²) in [7, 11) is -2.66. The first-order valence-electron chi connectivity index (χ1n) is 8.84. The molecule has 0 heterocycles. The zero-order valence-electron chi connectivity index (χ0n) is 16.1. The minimum Gasteiger partial charge on any atom is -0.497 e. The van der Waals surface area contributed by atoms with Gasteiger partial charge in [0.25, 0.3) is 15.9 Å². The molecular weight excluding hydrogens is 433 g/mol. The van der Waals surface area contributed by atoms with Crippen LogP contribution < -0.4 is 14.8 Å². The van der Waals surface area contributed by atoms with Gasteiger partial charge in [0.15, 0.2) is 0 Å². The quantitative estimate of drug-likeness (QED) is 0.567. The first-order valence-corrected chi connectivity index (χ1v) is 10.3. The Morgan fingerprint density at radius 1 is 0.903 bits per heavy atom. The van der Waals surface area contributed by atoms with Crippen molar-refractivity contribution < 1.29 is 31.1 Å². The van der Waals surface area contributed by atoms with Gasteiger partial charge in [-0.05, 0) is 54.6 Å². The van der Waals surface area contributed by atoms with Gasteiger partial charge in [-0.1, -0.05) is 12.1 Å². The van der Waals surface area contributed by atoms with Crippen LogP contribution in [0.3, 0.4) is 0 Å².